The summed E-state index contributed by atoms with van der Waals surface area (Å²) >= 11 is 7.27. The van der Waals surface area contributed by atoms with Gasteiger partial charge in [-0.2, -0.15) is 5.10 Å². The third-order valence-corrected chi connectivity index (χ3v) is 6.68. The lowest BCUT2D eigenvalue weighted by molar-refractivity contribution is 0.0479. The van der Waals surface area contributed by atoms with Gasteiger partial charge in [0.15, 0.2) is 6.61 Å². The lowest BCUT2D eigenvalue weighted by Gasteiger charge is -2.06. The Balaban J connectivity index is 1.53. The summed E-state index contributed by atoms with van der Waals surface area (Å²) in [5.74, 6) is -0.757. The van der Waals surface area contributed by atoms with E-state index in [0.29, 0.717) is 22.0 Å². The van der Waals surface area contributed by atoms with Gasteiger partial charge in [-0.1, -0.05) is 17.7 Å². The molecule has 0 bridgehead atoms. The van der Waals surface area contributed by atoms with E-state index in [1.54, 1.807) is 29.0 Å². The van der Waals surface area contributed by atoms with Crippen LogP contribution in [-0.2, 0) is 11.3 Å². The normalized spacial score (nSPS) is 11.1. The van der Waals surface area contributed by atoms with Crippen LogP contribution in [0.2, 0.25) is 5.02 Å². The molecule has 0 spiro atoms. The van der Waals surface area contributed by atoms with Crippen molar-refractivity contribution in [2.75, 3.05) is 6.61 Å². The van der Waals surface area contributed by atoms with E-state index in [-0.39, 0.29) is 12.4 Å². The van der Waals surface area contributed by atoms with Crippen molar-refractivity contribution in [1.29, 1.82) is 0 Å². The van der Waals surface area contributed by atoms with E-state index in [0.717, 1.165) is 33.0 Å². The Morgan fingerprint density at radius 3 is 2.59 bits per heavy atom. The van der Waals surface area contributed by atoms with Crippen LogP contribution in [0.25, 0.3) is 15.9 Å². The number of ketones is 1. The van der Waals surface area contributed by atoms with E-state index in [2.05, 4.69) is 11.7 Å². The summed E-state index contributed by atoms with van der Waals surface area (Å²) in [6.45, 7) is 9.76. The zero-order valence-corrected chi connectivity index (χ0v) is 19.6. The molecule has 0 aliphatic rings. The molecule has 0 N–H and O–H groups in total. The number of aromatic nitrogens is 3. The van der Waals surface area contributed by atoms with E-state index in [1.807, 2.05) is 43.5 Å². The molecule has 0 saturated heterocycles. The standard InChI is InChI=1S/C24H22ClN3O3S/c1-5-10-27-14(2)11-20(16(27)4)21(29)13-31-24(30)22-12-19-15(3)26-28(23(19)32-22)18-8-6-17(25)7-9-18/h5-9,11-12H,1,10,13H2,2-4H3. The van der Waals surface area contributed by atoms with Crippen LogP contribution in [-0.4, -0.2) is 32.7 Å². The summed E-state index contributed by atoms with van der Waals surface area (Å²) in [7, 11) is 0. The number of Topliss-reactive ketones (excluding diaryl/α,β-unsaturated/α-hetero) is 1. The molecule has 4 aromatic rings. The minimum absolute atomic E-state index is 0.230. The highest BCUT2D eigenvalue weighted by Gasteiger charge is 2.21. The average molecular weight is 468 g/mol. The number of allylic oxidation sites excluding steroid dienone is 1. The molecule has 0 atom stereocenters. The van der Waals surface area contributed by atoms with Gasteiger partial charge in [-0.3, -0.25) is 4.79 Å². The van der Waals surface area contributed by atoms with Gasteiger partial charge >= 0.3 is 5.97 Å². The highest BCUT2D eigenvalue weighted by Crippen LogP contribution is 2.31. The van der Waals surface area contributed by atoms with Gasteiger partial charge in [0.2, 0.25) is 5.78 Å². The van der Waals surface area contributed by atoms with Crippen LogP contribution >= 0.6 is 22.9 Å². The summed E-state index contributed by atoms with van der Waals surface area (Å²) in [5.41, 5.74) is 4.01. The van der Waals surface area contributed by atoms with Crippen molar-refractivity contribution in [2.24, 2.45) is 0 Å². The van der Waals surface area contributed by atoms with Crippen LogP contribution in [0.3, 0.4) is 0 Å². The van der Waals surface area contributed by atoms with Gasteiger partial charge in [0.1, 0.15) is 9.71 Å². The van der Waals surface area contributed by atoms with E-state index in [9.17, 15) is 9.59 Å². The highest BCUT2D eigenvalue weighted by atomic mass is 35.5. The number of nitrogens with zero attached hydrogens (tertiary/aromatic N) is 3. The van der Waals surface area contributed by atoms with Gasteiger partial charge in [-0.15, -0.1) is 17.9 Å². The number of carbonyl (C=O) groups excluding carboxylic acids is 2. The lowest BCUT2D eigenvalue weighted by Crippen LogP contribution is -2.14. The summed E-state index contributed by atoms with van der Waals surface area (Å²) in [4.78, 5) is 26.6. The van der Waals surface area contributed by atoms with Gasteiger partial charge in [0, 0.05) is 33.9 Å². The summed E-state index contributed by atoms with van der Waals surface area (Å²) in [6, 6.07) is 10.9. The number of thiophene rings is 1. The first-order chi connectivity index (χ1) is 15.3. The molecule has 0 aliphatic carbocycles. The van der Waals surface area contributed by atoms with Gasteiger partial charge in [-0.25, -0.2) is 9.48 Å². The second-order valence-corrected chi connectivity index (χ2v) is 8.95. The largest absolute Gasteiger partial charge is 0.453 e. The maximum absolute atomic E-state index is 12.7. The summed E-state index contributed by atoms with van der Waals surface area (Å²) in [6.07, 6.45) is 1.78. The van der Waals surface area contributed by atoms with Gasteiger partial charge in [0.25, 0.3) is 0 Å². The molecule has 3 heterocycles. The predicted octanol–water partition coefficient (Wildman–Crippen LogP) is 5.69. The highest BCUT2D eigenvalue weighted by molar-refractivity contribution is 7.20. The molecule has 0 amide bonds. The first-order valence-electron chi connectivity index (χ1n) is 10.0. The van der Waals surface area contributed by atoms with Crippen LogP contribution in [0.4, 0.5) is 0 Å². The molecule has 1 aromatic carbocycles. The molecule has 8 heteroatoms. The topological polar surface area (TPSA) is 66.1 Å². The molecule has 0 aliphatic heterocycles. The molecule has 0 fully saturated rings. The Labute approximate surface area is 194 Å². The Morgan fingerprint density at radius 2 is 1.91 bits per heavy atom. The van der Waals surface area contributed by atoms with Crippen LogP contribution in [0.5, 0.6) is 0 Å². The van der Waals surface area contributed by atoms with Crippen LogP contribution in [0, 0.1) is 20.8 Å². The second kappa shape index (κ2) is 8.76. The Bertz CT molecular complexity index is 1350. The fourth-order valence-electron chi connectivity index (χ4n) is 3.68. The minimum atomic E-state index is -0.526. The van der Waals surface area contributed by atoms with E-state index < -0.39 is 5.97 Å². The van der Waals surface area contributed by atoms with Gasteiger partial charge in [0.05, 0.1) is 11.4 Å². The van der Waals surface area contributed by atoms with Crippen LogP contribution in [0.15, 0.2) is 49.1 Å². The number of carbonyl (C=O) groups is 2. The average Bonchev–Trinajstić information content (AvgIpc) is 3.42. The third kappa shape index (κ3) is 4.01. The van der Waals surface area contributed by atoms with E-state index >= 15 is 0 Å². The maximum Gasteiger partial charge on any atom is 0.348 e. The molecular formula is C24H22ClN3O3S. The van der Waals surface area contributed by atoms with E-state index in [4.69, 9.17) is 16.3 Å². The SMILES string of the molecule is C=CCn1c(C)cc(C(=O)COC(=O)c2cc3c(C)nn(-c4ccc(Cl)cc4)c3s2)c1C. The molecule has 6 nitrogen and oxygen atoms in total. The fourth-order valence-corrected chi connectivity index (χ4v) is 4.88. The molecule has 164 valence electrons. The molecule has 0 unspecified atom stereocenters. The maximum atomic E-state index is 12.7. The Morgan fingerprint density at radius 1 is 1.19 bits per heavy atom. The number of fused-ring (bicyclic) bond motifs is 1. The van der Waals surface area contributed by atoms with E-state index in [1.165, 1.54) is 11.3 Å². The number of rotatable bonds is 7. The monoisotopic (exact) mass is 467 g/mol. The molecule has 0 saturated carbocycles. The second-order valence-electron chi connectivity index (χ2n) is 7.49. The van der Waals surface area contributed by atoms with Gasteiger partial charge < -0.3 is 9.30 Å². The Hall–Kier alpha value is -3.16. The van der Waals surface area contributed by atoms with Crippen molar-refractivity contribution in [3.8, 4) is 5.69 Å². The minimum Gasteiger partial charge on any atom is -0.453 e. The van der Waals surface area contributed by atoms with Crippen molar-refractivity contribution in [3.05, 3.63) is 81.6 Å². The summed E-state index contributed by atoms with van der Waals surface area (Å²) in [5, 5.41) is 6.08. The number of esters is 1. The molecule has 32 heavy (non-hydrogen) atoms. The number of halogens is 1. The first-order valence-corrected chi connectivity index (χ1v) is 11.2. The van der Waals surface area contributed by atoms with Crippen molar-refractivity contribution in [3.63, 3.8) is 0 Å². The number of aryl methyl sites for hydroxylation is 2. The number of benzene rings is 1. The summed E-state index contributed by atoms with van der Waals surface area (Å²) < 4.78 is 9.13. The smallest absolute Gasteiger partial charge is 0.348 e. The van der Waals surface area contributed by atoms with Gasteiger partial charge in [-0.05, 0) is 57.2 Å². The third-order valence-electron chi connectivity index (χ3n) is 5.34. The molecule has 0 radical (unpaired) electrons. The molecule has 4 rings (SSSR count). The zero-order valence-electron chi connectivity index (χ0n) is 18.0. The number of hydrogen-bond acceptors (Lipinski definition) is 5. The number of ether oxygens (including phenoxy) is 1. The molecule has 3 aromatic heterocycles. The zero-order chi connectivity index (χ0) is 23.0. The van der Waals surface area contributed by atoms with Crippen molar-refractivity contribution < 1.29 is 14.3 Å². The quantitative estimate of drug-likeness (QED) is 0.199. The van der Waals surface area contributed by atoms with Crippen LogP contribution in [0.1, 0.15) is 37.1 Å². The fraction of sp³-hybridized carbons (Fsp3) is 0.208. The van der Waals surface area contributed by atoms with Crippen molar-refractivity contribution in [1.82, 2.24) is 14.3 Å². The van der Waals surface area contributed by atoms with Crippen molar-refractivity contribution in [2.45, 2.75) is 27.3 Å². The Kier molecular flexibility index (Phi) is 6.04. The van der Waals surface area contributed by atoms with Crippen molar-refractivity contribution >= 4 is 44.9 Å². The molecular weight excluding hydrogens is 446 g/mol. The number of hydrogen-bond donors (Lipinski definition) is 0. The predicted molar refractivity (Wildman–Crippen MR) is 127 cm³/mol. The lowest BCUT2D eigenvalue weighted by atomic mass is 10.1. The van der Waals surface area contributed by atoms with Crippen LogP contribution < -0.4 is 0 Å². The first kappa shape index (κ1) is 22.0.